The number of benzene rings is 3. The van der Waals surface area contributed by atoms with Gasteiger partial charge >= 0.3 is 108 Å². The predicted molar refractivity (Wildman–Crippen MR) is 164 cm³/mol. The molecule has 3 aromatic carbocycles. The van der Waals surface area contributed by atoms with Gasteiger partial charge in [0.1, 0.15) is 0 Å². The maximum Gasteiger partial charge on any atom is 0.0146 e. The maximum atomic E-state index is 5.89. The van der Waals surface area contributed by atoms with Gasteiger partial charge in [-0.25, -0.2) is 0 Å². The zero-order chi connectivity index (χ0) is 28.1. The minimum absolute atomic E-state index is 0.115. The van der Waals surface area contributed by atoms with Crippen LogP contribution in [0.3, 0.4) is 0 Å². The molecule has 1 heterocycles. The van der Waals surface area contributed by atoms with Crippen LogP contribution in [0.15, 0.2) is 42.5 Å². The molecule has 0 spiro atoms. The van der Waals surface area contributed by atoms with Gasteiger partial charge < -0.3 is 9.80 Å². The predicted octanol–water partition coefficient (Wildman–Crippen LogP) is 9.19. The van der Waals surface area contributed by atoms with E-state index in [9.17, 15) is 0 Å². The Bertz CT molecular complexity index is 1210. The number of rotatable bonds is 5. The number of ether oxygens (including phenoxy) is 1. The molecule has 0 atom stereocenters. The van der Waals surface area contributed by atoms with Gasteiger partial charge in [0, 0.05) is 24.5 Å². The van der Waals surface area contributed by atoms with Crippen LogP contribution in [0.2, 0.25) is 5.02 Å². The molecule has 0 saturated carbocycles. The first-order valence-corrected chi connectivity index (χ1v) is 18.5. The van der Waals surface area contributed by atoms with Crippen molar-refractivity contribution < 1.29 is 18.3 Å². The molecule has 208 valence electrons. The Kier molecular flexibility index (Phi) is 11.1. The van der Waals surface area contributed by atoms with Crippen molar-refractivity contribution in [1.82, 2.24) is 0 Å². The summed E-state index contributed by atoms with van der Waals surface area (Å²) < 4.78 is 7.45. The van der Waals surface area contributed by atoms with Gasteiger partial charge in [-0.1, -0.05) is 35.4 Å². The van der Waals surface area contributed by atoms with E-state index in [2.05, 4.69) is 82.3 Å². The summed E-state index contributed by atoms with van der Waals surface area (Å²) in [6, 6.07) is 14.5. The number of aryl methyl sites for hydroxylation is 6. The number of hydrogen-bond acceptors (Lipinski definition) is 3. The van der Waals surface area contributed by atoms with E-state index in [1.54, 1.807) is 6.07 Å². The zero-order valence-corrected chi connectivity index (χ0v) is 27.5. The fourth-order valence-electron chi connectivity index (χ4n) is 5.13. The van der Waals surface area contributed by atoms with E-state index in [4.69, 9.17) is 35.7 Å². The van der Waals surface area contributed by atoms with Gasteiger partial charge in [0.25, 0.3) is 0 Å². The fourth-order valence-corrected chi connectivity index (χ4v) is 7.10. The van der Waals surface area contributed by atoms with E-state index in [0.29, 0.717) is 5.02 Å². The summed E-state index contributed by atoms with van der Waals surface area (Å²) in [5, 5.41) is 0.654. The summed E-state index contributed by atoms with van der Waals surface area (Å²) in [5.74, 6) is 0.773. The SMILES string of the molecule is CC(C)Oc1ccc(Cl)cc1[CH]=[Ru]([Cl])[Cl].Cc1cc(C)c(N2[CH-]N(c3c(C)cc(C)cc3C)CC2)c(C)c1. The molecule has 0 unspecified atom stereocenters. The molecule has 0 N–H and O–H groups in total. The van der Waals surface area contributed by atoms with Crippen molar-refractivity contribution in [3.8, 4) is 5.75 Å². The van der Waals surface area contributed by atoms with Crippen molar-refractivity contribution in [2.45, 2.75) is 61.5 Å². The van der Waals surface area contributed by atoms with E-state index in [1.165, 1.54) is 44.8 Å². The van der Waals surface area contributed by atoms with Crippen LogP contribution in [0.25, 0.3) is 0 Å². The molecule has 4 rings (SSSR count). The van der Waals surface area contributed by atoms with Crippen molar-refractivity contribution in [2.75, 3.05) is 22.9 Å². The van der Waals surface area contributed by atoms with Crippen LogP contribution >= 0.6 is 31.0 Å². The largest absolute Gasteiger partial charge is 0.502 e. The number of hydrogen-bond donors (Lipinski definition) is 0. The van der Waals surface area contributed by atoms with E-state index in [-0.39, 0.29) is 6.10 Å². The molecule has 3 aromatic rings. The Morgan fingerprint density at radius 1 is 0.789 bits per heavy atom. The Labute approximate surface area is 247 Å². The molecule has 0 amide bonds. The summed E-state index contributed by atoms with van der Waals surface area (Å²) in [6.07, 6.45) is 0.115. The van der Waals surface area contributed by atoms with Crippen LogP contribution < -0.4 is 14.5 Å². The van der Waals surface area contributed by atoms with Gasteiger partial charge in [0.05, 0.1) is 0 Å². The van der Waals surface area contributed by atoms with E-state index in [1.807, 2.05) is 30.6 Å². The molecule has 0 aliphatic carbocycles. The molecule has 0 bridgehead atoms. The third kappa shape index (κ3) is 8.21. The molecule has 3 nitrogen and oxygen atoms in total. The zero-order valence-electron chi connectivity index (χ0n) is 23.5. The van der Waals surface area contributed by atoms with Crippen molar-refractivity contribution in [2.24, 2.45) is 0 Å². The molecule has 1 fully saturated rings. The second kappa shape index (κ2) is 13.7. The van der Waals surface area contributed by atoms with E-state index in [0.717, 1.165) is 24.4 Å². The molecule has 7 heteroatoms. The van der Waals surface area contributed by atoms with E-state index < -0.39 is 13.5 Å². The first-order chi connectivity index (χ1) is 17.8. The molecular weight excluding hydrogens is 624 g/mol. The number of nitrogens with zero attached hydrogens (tertiary/aromatic N) is 2. The van der Waals surface area contributed by atoms with Crippen LogP contribution in [0, 0.1) is 48.2 Å². The quantitative estimate of drug-likeness (QED) is 0.200. The molecule has 1 aliphatic heterocycles. The standard InChI is InChI=1S/C21H27N2.C10H11ClO.2ClH.Ru/c1-14-9-16(3)20(17(4)10-14)22-7-8-23(13-22)21-18(5)11-15(2)12-19(21)6;1-7(2)12-10-5-4-9(11)6-8(10)3;;;/h9-13H,7-8H2,1-6H3;3-7H,1-2H3;2*1H;/q-1;;;;+2/p-2. The van der Waals surface area contributed by atoms with Crippen LogP contribution in [-0.2, 0) is 13.5 Å². The molecule has 0 aromatic heterocycles. The summed E-state index contributed by atoms with van der Waals surface area (Å²) in [4.78, 5) is 4.81. The Balaban J connectivity index is 0.000000232. The van der Waals surface area contributed by atoms with Gasteiger partial charge in [0.2, 0.25) is 0 Å². The second-order valence-electron chi connectivity index (χ2n) is 10.2. The minimum atomic E-state index is -1.85. The van der Waals surface area contributed by atoms with Gasteiger partial charge in [-0.2, -0.15) is 6.67 Å². The Morgan fingerprint density at radius 3 is 1.63 bits per heavy atom. The smallest absolute Gasteiger partial charge is 0.0146 e. The van der Waals surface area contributed by atoms with Crippen LogP contribution in [-0.4, -0.2) is 23.8 Å². The van der Waals surface area contributed by atoms with Gasteiger partial charge in [-0.3, -0.25) is 0 Å². The Hall–Kier alpha value is -1.58. The summed E-state index contributed by atoms with van der Waals surface area (Å²) in [5.41, 5.74) is 11.7. The van der Waals surface area contributed by atoms with Crippen LogP contribution in [0.4, 0.5) is 11.4 Å². The minimum Gasteiger partial charge on any atom is -0.502 e. The van der Waals surface area contributed by atoms with Crippen molar-refractivity contribution >= 4 is 47.0 Å². The fraction of sp³-hybridized carbons (Fsp3) is 0.355. The van der Waals surface area contributed by atoms with Gasteiger partial charge in [0.15, 0.2) is 0 Å². The average molecular weight is 662 g/mol. The van der Waals surface area contributed by atoms with Crippen molar-refractivity contribution in [3.63, 3.8) is 0 Å². The second-order valence-corrected chi connectivity index (χ2v) is 16.3. The molecule has 1 saturated heterocycles. The molecular formula is C31H38Cl3N2ORu-. The van der Waals surface area contributed by atoms with Gasteiger partial charge in [-0.05, 0) is 63.8 Å². The molecule has 0 radical (unpaired) electrons. The summed E-state index contributed by atoms with van der Waals surface area (Å²) in [7, 11) is 11.7. The third-order valence-electron chi connectivity index (χ3n) is 6.23. The van der Waals surface area contributed by atoms with E-state index >= 15 is 0 Å². The van der Waals surface area contributed by atoms with Crippen LogP contribution in [0.1, 0.15) is 52.8 Å². The third-order valence-corrected chi connectivity index (χ3v) is 8.30. The average Bonchev–Trinajstić information content (AvgIpc) is 3.23. The summed E-state index contributed by atoms with van der Waals surface area (Å²) in [6.45, 7) is 21.5. The summed E-state index contributed by atoms with van der Waals surface area (Å²) >= 11 is 4.04. The topological polar surface area (TPSA) is 15.7 Å². The number of halogens is 3. The normalized spacial score (nSPS) is 13.4. The first kappa shape index (κ1) is 31.0. The van der Waals surface area contributed by atoms with Crippen molar-refractivity contribution in [3.05, 3.63) is 93.1 Å². The molecule has 1 aliphatic rings. The van der Waals surface area contributed by atoms with Gasteiger partial charge in [-0.15, -0.1) is 0 Å². The monoisotopic (exact) mass is 661 g/mol. The Morgan fingerprint density at radius 2 is 1.24 bits per heavy atom. The van der Waals surface area contributed by atoms with Crippen LogP contribution in [0.5, 0.6) is 5.75 Å². The molecule has 38 heavy (non-hydrogen) atoms. The maximum absolute atomic E-state index is 5.89. The van der Waals surface area contributed by atoms with Crippen molar-refractivity contribution in [1.29, 1.82) is 0 Å². The number of anilines is 2. The first-order valence-electron chi connectivity index (χ1n) is 12.7.